The maximum Gasteiger partial charge on any atom is 0.113 e. The Morgan fingerprint density at radius 1 is 0.900 bits per heavy atom. The Labute approximate surface area is 119 Å². The lowest BCUT2D eigenvalue weighted by Gasteiger charge is -2.08. The molecule has 0 atom stereocenters. The first kappa shape index (κ1) is 11.6. The first-order chi connectivity index (χ1) is 9.84. The van der Waals surface area contributed by atoms with Gasteiger partial charge in [0.25, 0.3) is 0 Å². The van der Waals surface area contributed by atoms with Crippen LogP contribution in [0.4, 0.5) is 0 Å². The molecule has 0 bridgehead atoms. The third-order valence-corrected chi connectivity index (χ3v) is 3.93. The summed E-state index contributed by atoms with van der Waals surface area (Å²) < 4.78 is 2.32. The van der Waals surface area contributed by atoms with Gasteiger partial charge in [-0.05, 0) is 31.0 Å². The van der Waals surface area contributed by atoms with Gasteiger partial charge in [0.15, 0.2) is 0 Å². The summed E-state index contributed by atoms with van der Waals surface area (Å²) in [7, 11) is 5.95. The normalized spacial score (nSPS) is 13.6. The van der Waals surface area contributed by atoms with E-state index in [0.29, 0.717) is 0 Å². The molecule has 0 spiro atoms. The molecule has 0 aliphatic heterocycles. The lowest BCUT2D eigenvalue weighted by Crippen LogP contribution is -2.30. The van der Waals surface area contributed by atoms with E-state index in [1.807, 2.05) is 18.2 Å². The highest BCUT2D eigenvalue weighted by atomic mass is 15.0. The minimum Gasteiger partial charge on any atom is -0.310 e. The predicted molar refractivity (Wildman–Crippen MR) is 86.1 cm³/mol. The van der Waals surface area contributed by atoms with Crippen LogP contribution in [0.5, 0.6) is 0 Å². The third-order valence-electron chi connectivity index (χ3n) is 3.93. The third kappa shape index (κ3) is 1.65. The van der Waals surface area contributed by atoms with E-state index in [-0.39, 0.29) is 0 Å². The van der Waals surface area contributed by atoms with E-state index < -0.39 is 0 Å². The van der Waals surface area contributed by atoms with Crippen molar-refractivity contribution in [2.75, 3.05) is 0 Å². The fraction of sp³-hybridized carbons (Fsp3) is 0.111. The minimum atomic E-state index is 0.800. The van der Waals surface area contributed by atoms with Gasteiger partial charge < -0.3 is 4.57 Å². The zero-order chi connectivity index (χ0) is 13.5. The number of hydrogen-bond donors (Lipinski definition) is 0. The monoisotopic (exact) mass is 255 g/mol. The van der Waals surface area contributed by atoms with Crippen molar-refractivity contribution < 1.29 is 0 Å². The molecule has 1 aromatic heterocycles. The molecule has 0 saturated heterocycles. The van der Waals surface area contributed by atoms with E-state index in [2.05, 4.69) is 47.1 Å². The van der Waals surface area contributed by atoms with Crippen LogP contribution in [0.3, 0.4) is 0 Å². The van der Waals surface area contributed by atoms with Crippen molar-refractivity contribution in [2.45, 2.75) is 12.8 Å². The van der Waals surface area contributed by atoms with E-state index in [0.717, 1.165) is 24.0 Å². The highest BCUT2D eigenvalue weighted by Gasteiger charge is 2.10. The van der Waals surface area contributed by atoms with Crippen molar-refractivity contribution in [3.63, 3.8) is 0 Å². The van der Waals surface area contributed by atoms with Crippen molar-refractivity contribution in [3.8, 4) is 5.69 Å². The van der Waals surface area contributed by atoms with Gasteiger partial charge in [0.2, 0.25) is 0 Å². The van der Waals surface area contributed by atoms with E-state index in [1.54, 1.807) is 0 Å². The number of fused-ring (bicyclic) bond motifs is 3. The summed E-state index contributed by atoms with van der Waals surface area (Å²) in [5, 5.41) is 3.97. The zero-order valence-corrected chi connectivity index (χ0v) is 11.2. The standard InChI is InChI=1S/C18H14BN/c19-13-6-5-7-14(12-13)20-17-10-3-1-8-15(17)16-9-2-4-11-18(16)20/h1,3,5-12H,2,4H2. The number of hydrogen-bond acceptors (Lipinski definition) is 0. The molecule has 2 radical (unpaired) electrons. The topological polar surface area (TPSA) is 4.93 Å². The van der Waals surface area contributed by atoms with Crippen LogP contribution in [0.25, 0.3) is 28.7 Å². The minimum absolute atomic E-state index is 0.800. The lowest BCUT2D eigenvalue weighted by molar-refractivity contribution is 1.03. The van der Waals surface area contributed by atoms with Crippen LogP contribution in [0.15, 0.2) is 48.5 Å². The zero-order valence-electron chi connectivity index (χ0n) is 11.2. The number of para-hydroxylation sites is 1. The quantitative estimate of drug-likeness (QED) is 0.584. The molecule has 0 saturated carbocycles. The lowest BCUT2D eigenvalue weighted by atomic mass is 9.96. The summed E-state index contributed by atoms with van der Waals surface area (Å²) in [4.78, 5) is 0. The van der Waals surface area contributed by atoms with Crippen molar-refractivity contribution in [1.82, 2.24) is 4.57 Å². The van der Waals surface area contributed by atoms with Gasteiger partial charge in [-0.1, -0.05) is 47.9 Å². The number of aromatic nitrogens is 1. The summed E-state index contributed by atoms with van der Waals surface area (Å²) in [5.74, 6) is 0. The molecule has 1 aliphatic rings. The molecule has 20 heavy (non-hydrogen) atoms. The molecule has 0 N–H and O–H groups in total. The molecular weight excluding hydrogens is 241 g/mol. The SMILES string of the molecule is [B]c1cccc(-n2c3c(c4ccccc42)=CCCC=3)c1. The summed E-state index contributed by atoms with van der Waals surface area (Å²) in [6.07, 6.45) is 6.91. The smallest absolute Gasteiger partial charge is 0.113 e. The predicted octanol–water partition coefficient (Wildman–Crippen LogP) is 1.78. The molecule has 2 heteroatoms. The fourth-order valence-electron chi connectivity index (χ4n) is 3.09. The number of benzene rings is 2. The largest absolute Gasteiger partial charge is 0.310 e. The summed E-state index contributed by atoms with van der Waals surface area (Å²) >= 11 is 0. The van der Waals surface area contributed by atoms with Crippen molar-refractivity contribution in [3.05, 3.63) is 59.1 Å². The number of nitrogens with zero attached hydrogens (tertiary/aromatic N) is 1. The van der Waals surface area contributed by atoms with Gasteiger partial charge in [-0.25, -0.2) is 0 Å². The molecule has 0 unspecified atom stereocenters. The van der Waals surface area contributed by atoms with Crippen molar-refractivity contribution in [2.24, 2.45) is 0 Å². The summed E-state index contributed by atoms with van der Waals surface area (Å²) in [6, 6.07) is 16.7. The van der Waals surface area contributed by atoms with Crippen LogP contribution in [-0.2, 0) is 0 Å². The van der Waals surface area contributed by atoms with Gasteiger partial charge in [0.1, 0.15) is 7.85 Å². The van der Waals surface area contributed by atoms with Gasteiger partial charge in [-0.15, -0.1) is 0 Å². The van der Waals surface area contributed by atoms with Gasteiger partial charge >= 0.3 is 0 Å². The Kier molecular flexibility index (Phi) is 2.56. The first-order valence-corrected chi connectivity index (χ1v) is 7.00. The summed E-state index contributed by atoms with van der Waals surface area (Å²) in [5.41, 5.74) is 3.18. The molecule has 3 aromatic rings. The second kappa shape index (κ2) is 4.41. The molecule has 94 valence electrons. The van der Waals surface area contributed by atoms with Crippen molar-refractivity contribution in [1.29, 1.82) is 0 Å². The second-order valence-electron chi connectivity index (χ2n) is 5.23. The van der Waals surface area contributed by atoms with Gasteiger partial charge in [-0.2, -0.15) is 0 Å². The average Bonchev–Trinajstić information content (AvgIpc) is 2.82. The average molecular weight is 255 g/mol. The van der Waals surface area contributed by atoms with Crippen LogP contribution < -0.4 is 16.0 Å². The van der Waals surface area contributed by atoms with E-state index in [9.17, 15) is 0 Å². The maximum atomic E-state index is 5.95. The molecule has 1 heterocycles. The molecule has 0 amide bonds. The fourth-order valence-corrected chi connectivity index (χ4v) is 3.09. The Morgan fingerprint density at radius 2 is 1.75 bits per heavy atom. The first-order valence-electron chi connectivity index (χ1n) is 7.00. The summed E-state index contributed by atoms with van der Waals surface area (Å²) in [6.45, 7) is 0. The van der Waals surface area contributed by atoms with Crippen LogP contribution in [0.2, 0.25) is 0 Å². The Balaban J connectivity index is 2.20. The van der Waals surface area contributed by atoms with Gasteiger partial charge in [-0.3, -0.25) is 0 Å². The van der Waals surface area contributed by atoms with Gasteiger partial charge in [0, 0.05) is 21.6 Å². The Bertz CT molecular complexity index is 918. The van der Waals surface area contributed by atoms with E-state index in [4.69, 9.17) is 7.85 Å². The molecule has 1 aliphatic carbocycles. The van der Waals surface area contributed by atoms with Crippen molar-refractivity contribution >= 4 is 36.4 Å². The Hall–Kier alpha value is -2.22. The second-order valence-corrected chi connectivity index (χ2v) is 5.23. The Morgan fingerprint density at radius 3 is 2.65 bits per heavy atom. The molecule has 0 fully saturated rings. The van der Waals surface area contributed by atoms with Crippen LogP contribution in [0.1, 0.15) is 12.8 Å². The molecule has 2 aromatic carbocycles. The number of rotatable bonds is 1. The highest BCUT2D eigenvalue weighted by molar-refractivity contribution is 6.32. The van der Waals surface area contributed by atoms with E-state index in [1.165, 1.54) is 21.5 Å². The van der Waals surface area contributed by atoms with Crippen LogP contribution >= 0.6 is 0 Å². The maximum absolute atomic E-state index is 5.95. The van der Waals surface area contributed by atoms with Crippen LogP contribution in [0, 0.1) is 0 Å². The molecular formula is C18H14BN. The molecule has 1 nitrogen and oxygen atoms in total. The van der Waals surface area contributed by atoms with E-state index >= 15 is 0 Å². The van der Waals surface area contributed by atoms with Crippen LogP contribution in [-0.4, -0.2) is 12.4 Å². The molecule has 4 rings (SSSR count). The highest BCUT2D eigenvalue weighted by Crippen LogP contribution is 2.15. The van der Waals surface area contributed by atoms with Gasteiger partial charge in [0.05, 0.1) is 5.52 Å².